The van der Waals surface area contributed by atoms with Gasteiger partial charge in [0.2, 0.25) is 11.5 Å². The number of aliphatic hydroxyl groups is 2. The molecule has 0 aliphatic carbocycles. The molecular formula is C30H28F5N3O5. The molecule has 2 heterocycles. The van der Waals surface area contributed by atoms with Crippen molar-refractivity contribution in [3.8, 4) is 22.9 Å². The summed E-state index contributed by atoms with van der Waals surface area (Å²) in [6, 6.07) is 8.98. The molecular weight excluding hydrogens is 577 g/mol. The Balaban J connectivity index is 1.78. The summed E-state index contributed by atoms with van der Waals surface area (Å²) in [6.45, 7) is 2.56. The van der Waals surface area contributed by atoms with Crippen molar-refractivity contribution in [1.29, 1.82) is 0 Å². The van der Waals surface area contributed by atoms with Crippen LogP contribution in [0, 0.1) is 18.6 Å². The van der Waals surface area contributed by atoms with E-state index >= 15 is 4.39 Å². The number of hydrogen-bond acceptors (Lipinski definition) is 7. The van der Waals surface area contributed by atoms with E-state index in [9.17, 15) is 32.6 Å². The highest BCUT2D eigenvalue weighted by Gasteiger charge is 2.57. The van der Waals surface area contributed by atoms with Crippen LogP contribution >= 0.6 is 0 Å². The highest BCUT2D eigenvalue weighted by atomic mass is 19.4. The number of benzene rings is 2. The Labute approximate surface area is 243 Å². The van der Waals surface area contributed by atoms with Crippen molar-refractivity contribution in [1.82, 2.24) is 15.3 Å². The monoisotopic (exact) mass is 605 g/mol. The van der Waals surface area contributed by atoms with Gasteiger partial charge >= 0.3 is 6.18 Å². The van der Waals surface area contributed by atoms with Crippen LogP contribution in [-0.4, -0.2) is 53.0 Å². The van der Waals surface area contributed by atoms with E-state index < -0.39 is 58.4 Å². The fraction of sp³-hybridized carbons (Fsp3) is 0.300. The molecule has 3 N–H and O–H groups in total. The molecule has 0 aliphatic rings. The second kappa shape index (κ2) is 11.4. The number of hydrogen-bond donors (Lipinski definition) is 3. The fourth-order valence-electron chi connectivity index (χ4n) is 4.47. The van der Waals surface area contributed by atoms with Crippen LogP contribution in [0.1, 0.15) is 41.0 Å². The molecule has 43 heavy (non-hydrogen) atoms. The number of aryl methyl sites for hydroxylation is 1. The second-order valence-corrected chi connectivity index (χ2v) is 10.4. The summed E-state index contributed by atoms with van der Waals surface area (Å²) < 4.78 is 83.0. The lowest BCUT2D eigenvalue weighted by Crippen LogP contribution is -2.51. The molecule has 0 unspecified atom stereocenters. The van der Waals surface area contributed by atoms with Gasteiger partial charge in [-0.2, -0.15) is 13.2 Å². The van der Waals surface area contributed by atoms with Gasteiger partial charge in [-0.25, -0.2) is 18.7 Å². The molecule has 13 heteroatoms. The van der Waals surface area contributed by atoms with E-state index in [4.69, 9.17) is 9.47 Å². The number of nitrogens with zero attached hydrogens (tertiary/aromatic N) is 2. The van der Waals surface area contributed by atoms with Gasteiger partial charge in [-0.1, -0.05) is 0 Å². The molecule has 4 aromatic rings. The first kappa shape index (κ1) is 31.6. The Hall–Kier alpha value is -4.36. The number of aromatic nitrogens is 2. The number of methoxy groups -OCH3 is 2. The number of carbonyl (C=O) groups excluding carboxylic acids is 1. The number of nitrogens with one attached hydrogen (secondary N) is 1. The van der Waals surface area contributed by atoms with E-state index in [1.165, 1.54) is 26.4 Å². The summed E-state index contributed by atoms with van der Waals surface area (Å²) in [7, 11) is 2.76. The van der Waals surface area contributed by atoms with Crippen molar-refractivity contribution in [2.75, 3.05) is 20.8 Å². The number of amides is 1. The van der Waals surface area contributed by atoms with E-state index in [1.807, 2.05) is 0 Å². The smallest absolute Gasteiger partial charge is 0.424 e. The number of halogens is 5. The summed E-state index contributed by atoms with van der Waals surface area (Å²) in [4.78, 5) is 21.2. The first-order valence-electron chi connectivity index (χ1n) is 12.8. The van der Waals surface area contributed by atoms with Crippen LogP contribution in [0.2, 0.25) is 0 Å². The zero-order valence-corrected chi connectivity index (χ0v) is 23.7. The molecule has 0 saturated carbocycles. The topological polar surface area (TPSA) is 114 Å². The summed E-state index contributed by atoms with van der Waals surface area (Å²) in [5.41, 5.74) is -7.45. The van der Waals surface area contributed by atoms with E-state index in [1.54, 1.807) is 13.0 Å². The van der Waals surface area contributed by atoms with Gasteiger partial charge < -0.3 is 25.0 Å². The number of fused-ring (bicyclic) bond motifs is 1. The van der Waals surface area contributed by atoms with E-state index in [-0.39, 0.29) is 16.9 Å². The molecule has 0 spiro atoms. The van der Waals surface area contributed by atoms with Crippen molar-refractivity contribution >= 4 is 16.8 Å². The Morgan fingerprint density at radius 3 is 2.16 bits per heavy atom. The van der Waals surface area contributed by atoms with Crippen molar-refractivity contribution < 1.29 is 46.4 Å². The molecule has 4 rings (SSSR count). The molecule has 1 amide bonds. The molecule has 0 bridgehead atoms. The molecule has 8 nitrogen and oxygen atoms in total. The minimum atomic E-state index is -5.43. The second-order valence-electron chi connectivity index (χ2n) is 10.4. The fourth-order valence-corrected chi connectivity index (χ4v) is 4.47. The lowest BCUT2D eigenvalue weighted by atomic mass is 9.90. The number of carbonyl (C=O) groups is 1. The Kier molecular flexibility index (Phi) is 8.35. The number of ether oxygens (including phenoxy) is 2. The molecule has 1 atom stereocenters. The molecule has 2 aromatic carbocycles. The van der Waals surface area contributed by atoms with Crippen LogP contribution in [-0.2, 0) is 11.2 Å². The minimum absolute atomic E-state index is 0.100. The maximum absolute atomic E-state index is 15.5. The molecule has 2 aromatic heterocycles. The predicted octanol–water partition coefficient (Wildman–Crippen LogP) is 5.31. The molecule has 0 fully saturated rings. The third-order valence-corrected chi connectivity index (χ3v) is 6.83. The molecule has 228 valence electrons. The zero-order valence-electron chi connectivity index (χ0n) is 23.7. The van der Waals surface area contributed by atoms with E-state index in [0.717, 1.165) is 38.1 Å². The lowest BCUT2D eigenvalue weighted by molar-refractivity contribution is -0.265. The number of rotatable bonds is 8. The minimum Gasteiger partial charge on any atom is -0.494 e. The predicted molar refractivity (Wildman–Crippen MR) is 147 cm³/mol. The normalized spacial score (nSPS) is 13.5. The first-order valence-corrected chi connectivity index (χ1v) is 12.8. The Bertz CT molecular complexity index is 1690. The third kappa shape index (κ3) is 6.09. The quantitative estimate of drug-likeness (QED) is 0.234. The third-order valence-electron chi connectivity index (χ3n) is 6.83. The van der Waals surface area contributed by atoms with Gasteiger partial charge in [0.1, 0.15) is 22.8 Å². The van der Waals surface area contributed by atoms with E-state index in [2.05, 4.69) is 15.3 Å². The largest absolute Gasteiger partial charge is 0.494 e. The molecule has 0 aliphatic heterocycles. The van der Waals surface area contributed by atoms with Gasteiger partial charge in [-0.05, 0) is 69.3 Å². The van der Waals surface area contributed by atoms with Gasteiger partial charge in [0.15, 0.2) is 5.82 Å². The van der Waals surface area contributed by atoms with Crippen LogP contribution in [0.3, 0.4) is 0 Å². The van der Waals surface area contributed by atoms with Gasteiger partial charge in [0, 0.05) is 27.6 Å². The lowest BCUT2D eigenvalue weighted by Gasteiger charge is -2.32. The highest BCUT2D eigenvalue weighted by Crippen LogP contribution is 2.41. The van der Waals surface area contributed by atoms with Gasteiger partial charge in [-0.3, -0.25) is 4.79 Å². The van der Waals surface area contributed by atoms with Crippen LogP contribution < -0.4 is 14.8 Å². The Morgan fingerprint density at radius 2 is 1.60 bits per heavy atom. The van der Waals surface area contributed by atoms with Gasteiger partial charge in [0.25, 0.3) is 5.91 Å². The standard InChI is InChI=1S/C30H28F5N3O5/c1-15-10-17-11-18(12-21(42-4)24(17)38-27(15)43-5)26(39)36-14-29(41,30(33,34)35)22-13-20(28(2,3)40)23(32)25(37-22)16-6-8-19(31)9-7-16/h6-13,40-41H,14H2,1-5H3,(H,36,39)/t29-/m0/s1. The van der Waals surface area contributed by atoms with Crippen LogP contribution in [0.4, 0.5) is 22.0 Å². The van der Waals surface area contributed by atoms with Crippen molar-refractivity contribution in [2.24, 2.45) is 0 Å². The number of pyridine rings is 2. The van der Waals surface area contributed by atoms with Crippen molar-refractivity contribution in [2.45, 2.75) is 38.1 Å². The average molecular weight is 606 g/mol. The van der Waals surface area contributed by atoms with Crippen LogP contribution in [0.15, 0.2) is 48.5 Å². The van der Waals surface area contributed by atoms with Crippen molar-refractivity contribution in [3.63, 3.8) is 0 Å². The van der Waals surface area contributed by atoms with Crippen molar-refractivity contribution in [3.05, 3.63) is 82.5 Å². The summed E-state index contributed by atoms with van der Waals surface area (Å²) in [6.07, 6.45) is -5.43. The van der Waals surface area contributed by atoms with Gasteiger partial charge in [-0.15, -0.1) is 0 Å². The average Bonchev–Trinajstić information content (AvgIpc) is 2.94. The maximum Gasteiger partial charge on any atom is 0.424 e. The highest BCUT2D eigenvalue weighted by molar-refractivity contribution is 6.00. The zero-order chi connectivity index (χ0) is 31.9. The summed E-state index contributed by atoms with van der Waals surface area (Å²) >= 11 is 0. The van der Waals surface area contributed by atoms with Crippen LogP contribution in [0.25, 0.3) is 22.2 Å². The maximum atomic E-state index is 15.5. The van der Waals surface area contributed by atoms with Crippen LogP contribution in [0.5, 0.6) is 11.6 Å². The molecule has 0 radical (unpaired) electrons. The summed E-state index contributed by atoms with van der Waals surface area (Å²) in [5, 5.41) is 24.1. The SMILES string of the molecule is COc1nc2c(OC)cc(C(=O)NC[C@](O)(c3cc(C(C)(C)O)c(F)c(-c4ccc(F)cc4)n3)C(F)(F)F)cc2cc1C. The number of alkyl halides is 3. The van der Waals surface area contributed by atoms with Gasteiger partial charge in [0.05, 0.1) is 32.1 Å². The Morgan fingerprint density at radius 1 is 0.953 bits per heavy atom. The summed E-state index contributed by atoms with van der Waals surface area (Å²) in [5.74, 6) is -2.39. The van der Waals surface area contributed by atoms with E-state index in [0.29, 0.717) is 28.4 Å². The molecule has 0 saturated heterocycles. The first-order chi connectivity index (χ1) is 20.0.